The smallest absolute Gasteiger partial charge is 0.195 e. The molecule has 2 N–H and O–H groups in total. The number of halogens is 1. The van der Waals surface area contributed by atoms with E-state index in [0.29, 0.717) is 30.6 Å². The lowest BCUT2D eigenvalue weighted by Crippen LogP contribution is -2.30. The highest BCUT2D eigenvalue weighted by molar-refractivity contribution is 14.0. The first kappa shape index (κ1) is 24.3. The topological polar surface area (TPSA) is 81.9 Å². The Kier molecular flexibility index (Phi) is 9.44. The van der Waals surface area contributed by atoms with E-state index in [2.05, 4.69) is 20.7 Å². The molecule has 31 heavy (non-hydrogen) atoms. The van der Waals surface area contributed by atoms with E-state index in [-0.39, 0.29) is 24.0 Å². The van der Waals surface area contributed by atoms with Gasteiger partial charge in [-0.25, -0.2) is 4.68 Å². The van der Waals surface area contributed by atoms with E-state index in [1.807, 2.05) is 66.3 Å². The number of nitrogens with zero attached hydrogens (tertiary/aromatic N) is 3. The summed E-state index contributed by atoms with van der Waals surface area (Å²) in [4.78, 5) is 4.27. The highest BCUT2D eigenvalue weighted by Crippen LogP contribution is 2.30. The van der Waals surface area contributed by atoms with Gasteiger partial charge in [-0.1, -0.05) is 0 Å². The van der Waals surface area contributed by atoms with E-state index in [9.17, 15) is 0 Å². The fraction of sp³-hybridized carbons (Fsp3) is 0.273. The fourth-order valence-corrected chi connectivity index (χ4v) is 2.85. The molecule has 0 saturated heterocycles. The van der Waals surface area contributed by atoms with Gasteiger partial charge in [-0.15, -0.1) is 24.0 Å². The molecule has 1 aromatic heterocycles. The van der Waals surface area contributed by atoms with Gasteiger partial charge in [-0.2, -0.15) is 5.10 Å². The van der Waals surface area contributed by atoms with Crippen LogP contribution in [0.2, 0.25) is 0 Å². The lowest BCUT2D eigenvalue weighted by atomic mass is 10.2. The number of methoxy groups -OCH3 is 2. The lowest BCUT2D eigenvalue weighted by Gasteiger charge is -2.14. The van der Waals surface area contributed by atoms with Crippen LogP contribution in [0.4, 0.5) is 5.69 Å². The average Bonchev–Trinajstić information content (AvgIpc) is 3.26. The molecule has 0 spiro atoms. The maximum Gasteiger partial charge on any atom is 0.195 e. The van der Waals surface area contributed by atoms with E-state index in [1.54, 1.807) is 21.3 Å². The second kappa shape index (κ2) is 12.0. The number of guanidine groups is 1. The number of nitrogens with one attached hydrogen (secondary N) is 2. The predicted octanol–water partition coefficient (Wildman–Crippen LogP) is 4.09. The van der Waals surface area contributed by atoms with E-state index in [0.717, 1.165) is 22.8 Å². The molecule has 0 radical (unpaired) electrons. The molecule has 0 aliphatic carbocycles. The molecule has 9 heteroatoms. The second-order valence-electron chi connectivity index (χ2n) is 6.30. The fourth-order valence-electron chi connectivity index (χ4n) is 2.85. The van der Waals surface area contributed by atoms with Crippen molar-refractivity contribution in [2.75, 3.05) is 33.2 Å². The highest BCUT2D eigenvalue weighted by Gasteiger charge is 2.08. The third kappa shape index (κ3) is 6.51. The Morgan fingerprint density at radius 2 is 1.81 bits per heavy atom. The van der Waals surface area contributed by atoms with Gasteiger partial charge in [-0.05, 0) is 49.4 Å². The van der Waals surface area contributed by atoms with Crippen molar-refractivity contribution in [1.82, 2.24) is 15.1 Å². The summed E-state index contributed by atoms with van der Waals surface area (Å²) in [5.41, 5.74) is 2.70. The van der Waals surface area contributed by atoms with Gasteiger partial charge >= 0.3 is 0 Å². The van der Waals surface area contributed by atoms with Crippen LogP contribution >= 0.6 is 24.0 Å². The summed E-state index contributed by atoms with van der Waals surface area (Å²) in [6.07, 6.45) is 1.92. The summed E-state index contributed by atoms with van der Waals surface area (Å²) < 4.78 is 18.0. The number of aromatic nitrogens is 2. The summed E-state index contributed by atoms with van der Waals surface area (Å²) >= 11 is 0. The highest BCUT2D eigenvalue weighted by atomic mass is 127. The Morgan fingerprint density at radius 1 is 1.03 bits per heavy atom. The van der Waals surface area contributed by atoms with Crippen molar-refractivity contribution < 1.29 is 14.2 Å². The van der Waals surface area contributed by atoms with Crippen LogP contribution in [0.3, 0.4) is 0 Å². The lowest BCUT2D eigenvalue weighted by molar-refractivity contribution is 0.311. The van der Waals surface area contributed by atoms with Gasteiger partial charge in [0.15, 0.2) is 17.5 Å². The zero-order valence-corrected chi connectivity index (χ0v) is 20.4. The largest absolute Gasteiger partial charge is 0.497 e. The van der Waals surface area contributed by atoms with Crippen molar-refractivity contribution in [2.45, 2.75) is 13.5 Å². The molecule has 8 nitrogen and oxygen atoms in total. The Balaban J connectivity index is 0.00000341. The number of benzene rings is 2. The first-order valence-corrected chi connectivity index (χ1v) is 9.64. The molecule has 1 heterocycles. The van der Waals surface area contributed by atoms with Crippen LogP contribution in [0.1, 0.15) is 12.6 Å². The summed E-state index contributed by atoms with van der Waals surface area (Å²) in [7, 11) is 4.99. The number of hydrogen-bond donors (Lipinski definition) is 2. The van der Waals surface area contributed by atoms with Crippen molar-refractivity contribution in [2.24, 2.45) is 4.99 Å². The van der Waals surface area contributed by atoms with Crippen LogP contribution in [-0.4, -0.2) is 43.6 Å². The number of anilines is 1. The van der Waals surface area contributed by atoms with Crippen molar-refractivity contribution in [3.8, 4) is 22.9 Å². The minimum atomic E-state index is 0. The third-order valence-electron chi connectivity index (χ3n) is 4.37. The predicted molar refractivity (Wildman–Crippen MR) is 134 cm³/mol. The number of aliphatic imine (C=N–C) groups is 1. The normalized spacial score (nSPS) is 10.8. The zero-order chi connectivity index (χ0) is 21.3. The molecule has 0 aliphatic heterocycles. The van der Waals surface area contributed by atoms with Crippen molar-refractivity contribution >= 4 is 35.6 Å². The van der Waals surface area contributed by atoms with Crippen molar-refractivity contribution in [3.05, 3.63) is 60.4 Å². The summed E-state index contributed by atoms with van der Waals surface area (Å²) in [5, 5.41) is 11.1. The van der Waals surface area contributed by atoms with E-state index in [1.165, 1.54) is 0 Å². The van der Waals surface area contributed by atoms with Gasteiger partial charge in [0.05, 0.1) is 38.8 Å². The maximum absolute atomic E-state index is 5.63. The Bertz CT molecular complexity index is 989. The maximum atomic E-state index is 5.63. The third-order valence-corrected chi connectivity index (χ3v) is 4.37. The molecule has 2 aromatic carbocycles. The number of ether oxygens (including phenoxy) is 3. The van der Waals surface area contributed by atoms with Gasteiger partial charge in [0.2, 0.25) is 0 Å². The Labute approximate surface area is 199 Å². The van der Waals surface area contributed by atoms with Crippen molar-refractivity contribution in [1.29, 1.82) is 0 Å². The van der Waals surface area contributed by atoms with Gasteiger partial charge < -0.3 is 24.8 Å². The molecular weight excluding hydrogens is 509 g/mol. The van der Waals surface area contributed by atoms with E-state index in [4.69, 9.17) is 14.2 Å². The van der Waals surface area contributed by atoms with E-state index >= 15 is 0 Å². The molecule has 166 valence electrons. The van der Waals surface area contributed by atoms with Crippen molar-refractivity contribution in [3.63, 3.8) is 0 Å². The number of rotatable bonds is 8. The molecule has 0 bridgehead atoms. The molecule has 0 amide bonds. The van der Waals surface area contributed by atoms with E-state index < -0.39 is 0 Å². The summed E-state index contributed by atoms with van der Waals surface area (Å²) in [6, 6.07) is 15.4. The molecule has 0 saturated carbocycles. The van der Waals surface area contributed by atoms with Crippen LogP contribution < -0.4 is 24.8 Å². The molecule has 0 aliphatic rings. The monoisotopic (exact) mass is 537 g/mol. The van der Waals surface area contributed by atoms with Crippen LogP contribution in [0.15, 0.2) is 59.7 Å². The molecule has 3 aromatic rings. The second-order valence-corrected chi connectivity index (χ2v) is 6.30. The van der Waals surface area contributed by atoms with Crippen LogP contribution in [-0.2, 0) is 6.54 Å². The van der Waals surface area contributed by atoms with Gasteiger partial charge in [0.25, 0.3) is 0 Å². The standard InChI is InChI=1S/C22H27N5O3.HI/c1-5-30-21-14-16(6-11-20(21)29-4)25-22(23-2)24-15-17-12-13-27(26-17)18-7-9-19(28-3)10-8-18;/h6-14H,5,15H2,1-4H3,(H2,23,24,25);1H. The van der Waals surface area contributed by atoms with Gasteiger partial charge in [0.1, 0.15) is 5.75 Å². The SMILES string of the molecule is CCOc1cc(NC(=NC)NCc2ccn(-c3ccc(OC)cc3)n2)ccc1OC.I. The molecular formula is C22H28IN5O3. The molecule has 0 atom stereocenters. The minimum Gasteiger partial charge on any atom is -0.497 e. The molecule has 3 rings (SSSR count). The van der Waals surface area contributed by atoms with Crippen LogP contribution in [0.25, 0.3) is 5.69 Å². The summed E-state index contributed by atoms with van der Waals surface area (Å²) in [5.74, 6) is 2.81. The van der Waals surface area contributed by atoms with Gasteiger partial charge in [0, 0.05) is 25.0 Å². The quantitative estimate of drug-likeness (QED) is 0.256. The summed E-state index contributed by atoms with van der Waals surface area (Å²) in [6.45, 7) is 3.02. The Hall–Kier alpha value is -2.95. The first-order chi connectivity index (χ1) is 14.7. The number of hydrogen-bond acceptors (Lipinski definition) is 5. The van der Waals surface area contributed by atoms with Gasteiger partial charge in [-0.3, -0.25) is 4.99 Å². The van der Waals surface area contributed by atoms with Crippen LogP contribution in [0.5, 0.6) is 17.2 Å². The van der Waals surface area contributed by atoms with Crippen LogP contribution in [0, 0.1) is 0 Å². The average molecular weight is 537 g/mol. The Morgan fingerprint density at radius 3 is 2.45 bits per heavy atom. The molecule has 0 unspecified atom stereocenters. The molecule has 0 fully saturated rings. The zero-order valence-electron chi connectivity index (χ0n) is 18.1. The minimum absolute atomic E-state index is 0. The first-order valence-electron chi connectivity index (χ1n) is 9.64.